The van der Waals surface area contributed by atoms with E-state index in [1.165, 1.54) is 12.0 Å². The summed E-state index contributed by atoms with van der Waals surface area (Å²) in [5, 5.41) is 3.36. The molecule has 0 radical (unpaired) electrons. The van der Waals surface area contributed by atoms with Crippen LogP contribution < -0.4 is 10.2 Å². The van der Waals surface area contributed by atoms with Crippen molar-refractivity contribution < 1.29 is 14.3 Å². The Morgan fingerprint density at radius 2 is 1.86 bits per heavy atom. The van der Waals surface area contributed by atoms with Crippen molar-refractivity contribution in [2.45, 2.75) is 44.1 Å². The molecule has 1 aliphatic carbocycles. The van der Waals surface area contributed by atoms with Gasteiger partial charge < -0.3 is 10.1 Å². The van der Waals surface area contributed by atoms with E-state index >= 15 is 0 Å². The Balaban J connectivity index is 1.53. The van der Waals surface area contributed by atoms with Crippen molar-refractivity contribution in [2.75, 3.05) is 18.1 Å². The van der Waals surface area contributed by atoms with Gasteiger partial charge in [0.05, 0.1) is 6.54 Å². The monoisotopic (exact) mass is 456 g/mol. The lowest BCUT2D eigenvalue weighted by Gasteiger charge is -2.38. The van der Waals surface area contributed by atoms with Gasteiger partial charge in [0.15, 0.2) is 0 Å². The molecule has 1 saturated heterocycles. The zero-order valence-corrected chi connectivity index (χ0v) is 17.9. The molecule has 2 aromatic carbocycles. The molecule has 5 nitrogen and oxygen atoms in total. The van der Waals surface area contributed by atoms with Gasteiger partial charge in [-0.25, -0.2) is 4.79 Å². The fourth-order valence-electron chi connectivity index (χ4n) is 4.32. The first kappa shape index (κ1) is 20.0. The lowest BCUT2D eigenvalue weighted by atomic mass is 9.77. The highest BCUT2D eigenvalue weighted by Gasteiger charge is 2.34. The van der Waals surface area contributed by atoms with Crippen molar-refractivity contribution in [3.05, 3.63) is 64.1 Å². The summed E-state index contributed by atoms with van der Waals surface area (Å²) in [6.07, 6.45) is 5.88. The maximum Gasteiger partial charge on any atom is 0.414 e. The predicted octanol–water partition coefficient (Wildman–Crippen LogP) is 5.08. The second kappa shape index (κ2) is 8.57. The van der Waals surface area contributed by atoms with Crippen molar-refractivity contribution in [2.24, 2.45) is 0 Å². The number of nitrogens with one attached hydrogen (secondary N) is 1. The lowest BCUT2D eigenvalue weighted by Crippen LogP contribution is -2.51. The zero-order chi connectivity index (χ0) is 20.3. The minimum atomic E-state index is -0.360. The van der Waals surface area contributed by atoms with Gasteiger partial charge in [0.1, 0.15) is 6.61 Å². The largest absolute Gasteiger partial charge is 0.447 e. The summed E-state index contributed by atoms with van der Waals surface area (Å²) < 4.78 is 6.07. The van der Waals surface area contributed by atoms with Crippen LogP contribution in [0.3, 0.4) is 0 Å². The molecule has 4 rings (SSSR count). The Bertz CT molecular complexity index is 891. The molecular formula is C23H25BrN2O3. The molecule has 2 fully saturated rings. The zero-order valence-electron chi connectivity index (χ0n) is 16.3. The van der Waals surface area contributed by atoms with Gasteiger partial charge >= 0.3 is 6.09 Å². The molecule has 2 aliphatic rings. The highest BCUT2D eigenvalue weighted by Crippen LogP contribution is 2.32. The number of halogens is 1. The summed E-state index contributed by atoms with van der Waals surface area (Å²) in [5.41, 5.74) is 2.27. The van der Waals surface area contributed by atoms with Crippen molar-refractivity contribution in [3.63, 3.8) is 0 Å². The van der Waals surface area contributed by atoms with Crippen LogP contribution in [0.4, 0.5) is 10.5 Å². The van der Waals surface area contributed by atoms with Crippen LogP contribution in [0.15, 0.2) is 53.0 Å². The molecule has 0 spiro atoms. The number of hydrogen-bond acceptors (Lipinski definition) is 3. The summed E-state index contributed by atoms with van der Waals surface area (Å²) in [6, 6.07) is 15.6. The van der Waals surface area contributed by atoms with Gasteiger partial charge in [-0.05, 0) is 55.2 Å². The molecule has 0 unspecified atom stereocenters. The Kier molecular flexibility index (Phi) is 5.90. The molecule has 6 heteroatoms. The fraction of sp³-hybridized carbons (Fsp3) is 0.391. The Labute approximate surface area is 179 Å². The summed E-state index contributed by atoms with van der Waals surface area (Å²) in [5.74, 6) is -0.0848. The number of cyclic esters (lactones) is 1. The smallest absolute Gasteiger partial charge is 0.414 e. The number of rotatable bonds is 5. The van der Waals surface area contributed by atoms with Gasteiger partial charge in [-0.3, -0.25) is 9.69 Å². The molecule has 1 aliphatic heterocycles. The summed E-state index contributed by atoms with van der Waals surface area (Å²) in [7, 11) is 0. The van der Waals surface area contributed by atoms with E-state index < -0.39 is 0 Å². The molecule has 0 bridgehead atoms. The Morgan fingerprint density at radius 1 is 1.10 bits per heavy atom. The van der Waals surface area contributed by atoms with E-state index in [1.54, 1.807) is 17.0 Å². The number of carbonyl (C=O) groups is 2. The quantitative estimate of drug-likeness (QED) is 0.681. The van der Waals surface area contributed by atoms with E-state index in [2.05, 4.69) is 33.4 Å². The minimum absolute atomic E-state index is 0.0848. The van der Waals surface area contributed by atoms with Gasteiger partial charge in [-0.1, -0.05) is 53.4 Å². The first-order chi connectivity index (χ1) is 14.0. The number of hydrogen-bond donors (Lipinski definition) is 1. The molecule has 0 atom stereocenters. The average Bonchev–Trinajstić information content (AvgIpc) is 3.16. The third-order valence-corrected chi connectivity index (χ3v) is 6.35. The number of anilines is 1. The van der Waals surface area contributed by atoms with Gasteiger partial charge in [0.25, 0.3) is 5.91 Å². The van der Waals surface area contributed by atoms with Crippen molar-refractivity contribution in [3.8, 4) is 0 Å². The minimum Gasteiger partial charge on any atom is -0.447 e. The van der Waals surface area contributed by atoms with Crippen LogP contribution in [0.5, 0.6) is 0 Å². The third-order valence-electron chi connectivity index (χ3n) is 5.83. The number of amides is 2. The molecule has 1 heterocycles. The van der Waals surface area contributed by atoms with Gasteiger partial charge in [0, 0.05) is 21.3 Å². The predicted molar refractivity (Wildman–Crippen MR) is 116 cm³/mol. The Morgan fingerprint density at radius 3 is 2.55 bits per heavy atom. The van der Waals surface area contributed by atoms with E-state index in [9.17, 15) is 9.59 Å². The topological polar surface area (TPSA) is 58.6 Å². The third kappa shape index (κ3) is 4.64. The maximum absolute atomic E-state index is 13.2. The van der Waals surface area contributed by atoms with Crippen LogP contribution in [0.25, 0.3) is 0 Å². The Hall–Kier alpha value is -2.34. The number of nitrogens with zero attached hydrogens (tertiary/aromatic N) is 1. The molecule has 152 valence electrons. The van der Waals surface area contributed by atoms with Crippen LogP contribution in [0.2, 0.25) is 0 Å². The lowest BCUT2D eigenvalue weighted by molar-refractivity contribution is 0.0868. The molecule has 0 aromatic heterocycles. The van der Waals surface area contributed by atoms with E-state index in [-0.39, 0.29) is 17.5 Å². The SMILES string of the molecule is O=C(NC1(Cc2ccc(Br)cc2)CCCCC1)c1cccc(N2CCOC2=O)c1. The number of benzene rings is 2. The van der Waals surface area contributed by atoms with Gasteiger partial charge in [-0.15, -0.1) is 0 Å². The second-order valence-electron chi connectivity index (χ2n) is 7.91. The standard InChI is InChI=1S/C23H25BrN2O3/c24-19-9-7-17(8-10-19)16-23(11-2-1-3-12-23)25-21(27)18-5-4-6-20(15-18)26-13-14-29-22(26)28/h4-10,15H,1-3,11-14,16H2,(H,25,27). The van der Waals surface area contributed by atoms with Crippen LogP contribution in [0.1, 0.15) is 48.0 Å². The molecule has 2 amide bonds. The average molecular weight is 457 g/mol. The number of carbonyl (C=O) groups excluding carboxylic acids is 2. The van der Waals surface area contributed by atoms with Crippen LogP contribution in [-0.4, -0.2) is 30.7 Å². The van der Waals surface area contributed by atoms with Gasteiger partial charge in [-0.2, -0.15) is 0 Å². The summed E-state index contributed by atoms with van der Waals surface area (Å²) >= 11 is 3.49. The van der Waals surface area contributed by atoms with E-state index in [4.69, 9.17) is 4.74 Å². The van der Waals surface area contributed by atoms with Crippen molar-refractivity contribution in [1.82, 2.24) is 5.32 Å². The van der Waals surface area contributed by atoms with Crippen molar-refractivity contribution in [1.29, 1.82) is 0 Å². The molecule has 1 N–H and O–H groups in total. The molecule has 2 aromatic rings. The molecular weight excluding hydrogens is 432 g/mol. The first-order valence-electron chi connectivity index (χ1n) is 10.2. The van der Waals surface area contributed by atoms with Crippen LogP contribution in [0, 0.1) is 0 Å². The van der Waals surface area contributed by atoms with Crippen molar-refractivity contribution >= 4 is 33.6 Å². The summed E-state index contributed by atoms with van der Waals surface area (Å²) in [4.78, 5) is 26.6. The highest BCUT2D eigenvalue weighted by atomic mass is 79.9. The highest BCUT2D eigenvalue weighted by molar-refractivity contribution is 9.10. The fourth-order valence-corrected chi connectivity index (χ4v) is 4.59. The van der Waals surface area contributed by atoms with E-state index in [0.717, 1.165) is 36.6 Å². The molecule has 1 saturated carbocycles. The van der Waals surface area contributed by atoms with E-state index in [1.807, 2.05) is 24.3 Å². The summed E-state index contributed by atoms with van der Waals surface area (Å²) in [6.45, 7) is 0.892. The molecule has 29 heavy (non-hydrogen) atoms. The van der Waals surface area contributed by atoms with E-state index in [0.29, 0.717) is 24.4 Å². The maximum atomic E-state index is 13.2. The van der Waals surface area contributed by atoms with Gasteiger partial charge in [0.2, 0.25) is 0 Å². The second-order valence-corrected chi connectivity index (χ2v) is 8.83. The normalized spacial score (nSPS) is 18.4. The van der Waals surface area contributed by atoms with Crippen LogP contribution in [-0.2, 0) is 11.2 Å². The number of ether oxygens (including phenoxy) is 1. The van der Waals surface area contributed by atoms with Crippen LogP contribution >= 0.6 is 15.9 Å². The first-order valence-corrected chi connectivity index (χ1v) is 11.0.